The van der Waals surface area contributed by atoms with Crippen LogP contribution in [0.4, 0.5) is 5.69 Å². The van der Waals surface area contributed by atoms with E-state index >= 15 is 0 Å². The molecule has 1 aromatic rings. The van der Waals surface area contributed by atoms with Crippen molar-refractivity contribution in [2.45, 2.75) is 0 Å². The van der Waals surface area contributed by atoms with Crippen LogP contribution < -0.4 is 11.5 Å². The first-order valence-corrected chi connectivity index (χ1v) is 4.62. The topological polar surface area (TPSA) is 134 Å². The molecule has 0 amide bonds. The fourth-order valence-electron chi connectivity index (χ4n) is 0.925. The van der Waals surface area contributed by atoms with E-state index in [9.17, 15) is 15.3 Å². The smallest absolute Gasteiger partial charge is 0.366 e. The van der Waals surface area contributed by atoms with Gasteiger partial charge < -0.3 is 5.21 Å². The predicted octanol–water partition coefficient (Wildman–Crippen LogP) is 0.366. The molecule has 0 aliphatic heterocycles. The molecule has 0 fully saturated rings. The first kappa shape index (κ1) is 12.7. The van der Waals surface area contributed by atoms with Gasteiger partial charge in [0.25, 0.3) is 5.69 Å². The number of nitro benzene ring substituents is 1. The van der Waals surface area contributed by atoms with Crippen LogP contribution in [0.5, 0.6) is 0 Å². The van der Waals surface area contributed by atoms with E-state index in [-0.39, 0.29) is 21.1 Å². The highest BCUT2D eigenvalue weighted by Crippen LogP contribution is 2.20. The molecule has 1 aromatic carbocycles. The van der Waals surface area contributed by atoms with Crippen molar-refractivity contribution in [2.75, 3.05) is 0 Å². The number of nitro groups is 1. The van der Waals surface area contributed by atoms with E-state index in [0.29, 0.717) is 0 Å². The molecule has 9 heteroatoms. The molecule has 0 aliphatic rings. The number of hydrogen-bond donors (Lipinski definition) is 2. The highest BCUT2D eigenvalue weighted by molar-refractivity contribution is 6.33. The largest absolute Gasteiger partial charge is 0.722 e. The van der Waals surface area contributed by atoms with Crippen molar-refractivity contribution in [2.24, 2.45) is 16.6 Å². The average Bonchev–Trinajstić information content (AvgIpc) is 2.26. The van der Waals surface area contributed by atoms with Gasteiger partial charge in [0, 0.05) is 22.7 Å². The maximum absolute atomic E-state index is 10.9. The van der Waals surface area contributed by atoms with Crippen molar-refractivity contribution < 1.29 is 9.77 Å². The van der Waals surface area contributed by atoms with Gasteiger partial charge in [0.15, 0.2) is 0 Å². The molecule has 0 bridgehead atoms. The monoisotopic (exact) mass is 257 g/mol. The molecule has 0 saturated carbocycles. The van der Waals surface area contributed by atoms with E-state index < -0.39 is 10.9 Å². The third kappa shape index (κ3) is 3.31. The Kier molecular flexibility index (Phi) is 3.83. The molecule has 0 aromatic heterocycles. The maximum Gasteiger partial charge on any atom is 0.366 e. The van der Waals surface area contributed by atoms with Gasteiger partial charge in [-0.3, -0.25) is 21.6 Å². The van der Waals surface area contributed by atoms with Crippen molar-refractivity contribution in [3.63, 3.8) is 0 Å². The molecule has 4 N–H and O–H groups in total. The Labute approximate surface area is 101 Å². The van der Waals surface area contributed by atoms with E-state index in [1.807, 2.05) is 0 Å². The second kappa shape index (κ2) is 5.12. The third-order valence-corrected chi connectivity index (χ3v) is 2.06. The molecule has 17 heavy (non-hydrogen) atoms. The summed E-state index contributed by atoms with van der Waals surface area (Å²) < 4.78 is 0. The number of nitrogens with two attached hydrogens (primary N) is 2. The number of non-ortho nitro benzene ring substituents is 1. The Morgan fingerprint density at radius 2 is 2.06 bits per heavy atom. The van der Waals surface area contributed by atoms with Crippen LogP contribution in [-0.4, -0.2) is 21.9 Å². The summed E-state index contributed by atoms with van der Waals surface area (Å²) in [7, 11) is 0. The number of hydrazone groups is 1. The van der Waals surface area contributed by atoms with E-state index in [2.05, 4.69) is 5.10 Å². The standard InChI is InChI=1S/C8H8ClN5O3/c9-7-2-1-6(14(16)17)3-5(7)4-12-13(15)8(10)11/h1-4H,10-11H2. The lowest BCUT2D eigenvalue weighted by atomic mass is 10.2. The Morgan fingerprint density at radius 1 is 1.41 bits per heavy atom. The normalized spacial score (nSPS) is 10.4. The molecule has 0 atom stereocenters. The minimum atomic E-state index is -0.591. The van der Waals surface area contributed by atoms with Gasteiger partial charge in [0.1, 0.15) is 0 Å². The molecular formula is C8H8ClN5O3. The molecular weight excluding hydrogens is 250 g/mol. The zero-order valence-electron chi connectivity index (χ0n) is 8.41. The van der Waals surface area contributed by atoms with E-state index in [1.165, 1.54) is 18.2 Å². The van der Waals surface area contributed by atoms with Crippen LogP contribution in [-0.2, 0) is 0 Å². The molecule has 0 heterocycles. The summed E-state index contributed by atoms with van der Waals surface area (Å²) in [4.78, 5) is 9.89. The fraction of sp³-hybridized carbons (Fsp3) is 0. The summed E-state index contributed by atoms with van der Waals surface area (Å²) in [6.07, 6.45) is 1.03. The lowest BCUT2D eigenvalue weighted by molar-refractivity contribution is -0.463. The third-order valence-electron chi connectivity index (χ3n) is 1.71. The molecule has 0 aliphatic carbocycles. The van der Waals surface area contributed by atoms with Gasteiger partial charge >= 0.3 is 5.96 Å². The molecule has 0 spiro atoms. The molecule has 0 saturated heterocycles. The zero-order valence-corrected chi connectivity index (χ0v) is 9.16. The number of rotatable bonds is 3. The summed E-state index contributed by atoms with van der Waals surface area (Å²) in [6, 6.07) is 3.73. The van der Waals surface area contributed by atoms with Crippen LogP contribution >= 0.6 is 11.6 Å². The lowest BCUT2D eigenvalue weighted by Crippen LogP contribution is -2.30. The van der Waals surface area contributed by atoms with Crippen LogP contribution in [0.1, 0.15) is 5.56 Å². The highest BCUT2D eigenvalue weighted by Gasteiger charge is 2.08. The van der Waals surface area contributed by atoms with Gasteiger partial charge in [-0.25, -0.2) is 0 Å². The summed E-state index contributed by atoms with van der Waals surface area (Å²) in [6.45, 7) is 0. The SMILES string of the molecule is NC(N)=[N+]([O-])N=Cc1cc([N+](=O)[O-])ccc1Cl. The number of guanidine groups is 1. The number of nitrogens with zero attached hydrogens (tertiary/aromatic N) is 3. The average molecular weight is 258 g/mol. The van der Waals surface area contributed by atoms with Gasteiger partial charge in [-0.2, -0.15) is 0 Å². The fourth-order valence-corrected chi connectivity index (χ4v) is 1.09. The van der Waals surface area contributed by atoms with Gasteiger partial charge in [0.05, 0.1) is 11.1 Å². The van der Waals surface area contributed by atoms with E-state index in [4.69, 9.17) is 23.1 Å². The summed E-state index contributed by atoms with van der Waals surface area (Å²) in [5.41, 5.74) is 9.98. The zero-order chi connectivity index (χ0) is 13.0. The van der Waals surface area contributed by atoms with Gasteiger partial charge in [-0.1, -0.05) is 11.6 Å². The van der Waals surface area contributed by atoms with Gasteiger partial charge in [-0.15, -0.1) is 9.95 Å². The van der Waals surface area contributed by atoms with E-state index in [0.717, 1.165) is 6.21 Å². The Morgan fingerprint density at radius 3 is 2.59 bits per heavy atom. The highest BCUT2D eigenvalue weighted by atomic mass is 35.5. The van der Waals surface area contributed by atoms with Crippen molar-refractivity contribution in [3.8, 4) is 0 Å². The van der Waals surface area contributed by atoms with Crippen LogP contribution in [0.25, 0.3) is 0 Å². The number of halogens is 1. The Bertz CT molecular complexity index is 510. The van der Waals surface area contributed by atoms with Gasteiger partial charge in [-0.05, 0) is 6.07 Å². The summed E-state index contributed by atoms with van der Waals surface area (Å²) in [5, 5.41) is 24.9. The van der Waals surface area contributed by atoms with Crippen molar-refractivity contribution in [1.29, 1.82) is 0 Å². The minimum Gasteiger partial charge on any atom is -0.722 e. The molecule has 8 nitrogen and oxygen atoms in total. The first-order chi connectivity index (χ1) is 7.91. The predicted molar refractivity (Wildman–Crippen MR) is 62.7 cm³/mol. The second-order valence-electron chi connectivity index (χ2n) is 2.91. The van der Waals surface area contributed by atoms with Gasteiger partial charge in [0.2, 0.25) is 0 Å². The molecule has 0 radical (unpaired) electrons. The number of benzene rings is 1. The minimum absolute atomic E-state index is 0.0326. The summed E-state index contributed by atoms with van der Waals surface area (Å²) in [5.74, 6) is -0.553. The van der Waals surface area contributed by atoms with E-state index in [1.54, 1.807) is 0 Å². The molecule has 1 rings (SSSR count). The second-order valence-corrected chi connectivity index (χ2v) is 3.31. The quantitative estimate of drug-likeness (QED) is 0.201. The lowest BCUT2D eigenvalue weighted by Gasteiger charge is -2.03. The summed E-state index contributed by atoms with van der Waals surface area (Å²) >= 11 is 5.76. The Balaban J connectivity index is 3.10. The van der Waals surface area contributed by atoms with Crippen molar-refractivity contribution >= 4 is 29.5 Å². The van der Waals surface area contributed by atoms with Crippen LogP contribution in [0.15, 0.2) is 23.3 Å². The van der Waals surface area contributed by atoms with Crippen molar-refractivity contribution in [3.05, 3.63) is 44.1 Å². The first-order valence-electron chi connectivity index (χ1n) is 4.25. The molecule has 90 valence electrons. The van der Waals surface area contributed by atoms with Crippen molar-refractivity contribution in [1.82, 2.24) is 0 Å². The maximum atomic E-state index is 10.9. The van der Waals surface area contributed by atoms with Crippen LogP contribution in [0, 0.1) is 15.3 Å². The molecule has 0 unspecified atom stereocenters. The Hall–Kier alpha value is -2.35. The van der Waals surface area contributed by atoms with Crippen LogP contribution in [0.3, 0.4) is 0 Å². The van der Waals surface area contributed by atoms with Crippen LogP contribution in [0.2, 0.25) is 5.02 Å². The number of hydrogen-bond acceptors (Lipinski definition) is 4.